The minimum atomic E-state index is -1.07. The smallest absolute Gasteiger partial charge is 0.227 e. The number of hydrogen-bond donors (Lipinski definition) is 1. The average Bonchev–Trinajstić information content (AvgIpc) is 3.14. The highest BCUT2D eigenvalue weighted by molar-refractivity contribution is 7.85. The average molecular weight is 417 g/mol. The summed E-state index contributed by atoms with van der Waals surface area (Å²) in [6.07, 6.45) is 4.07. The van der Waals surface area contributed by atoms with Crippen LogP contribution < -0.4 is 15.0 Å². The summed E-state index contributed by atoms with van der Waals surface area (Å²) in [5.74, 6) is 3.37. The van der Waals surface area contributed by atoms with Gasteiger partial charge in [-0.1, -0.05) is 6.07 Å². The van der Waals surface area contributed by atoms with Crippen molar-refractivity contribution in [2.45, 2.75) is 30.6 Å². The van der Waals surface area contributed by atoms with E-state index < -0.39 is 10.8 Å². The summed E-state index contributed by atoms with van der Waals surface area (Å²) in [6.45, 7) is 2.62. The van der Waals surface area contributed by atoms with Crippen LogP contribution in [-0.4, -0.2) is 53.8 Å². The lowest BCUT2D eigenvalue weighted by molar-refractivity contribution is 0.0645. The van der Waals surface area contributed by atoms with E-state index in [1.54, 1.807) is 7.11 Å². The van der Waals surface area contributed by atoms with Gasteiger partial charge in [-0.2, -0.15) is 4.98 Å². The Morgan fingerprint density at radius 3 is 2.93 bits per heavy atom. The number of methoxy groups -OCH3 is 1. The molecule has 4 rings (SSSR count). The molecule has 29 heavy (non-hydrogen) atoms. The zero-order valence-corrected chi connectivity index (χ0v) is 17.8. The number of rotatable bonds is 7. The molecule has 3 heterocycles. The van der Waals surface area contributed by atoms with Crippen LogP contribution in [0.1, 0.15) is 25.0 Å². The van der Waals surface area contributed by atoms with Gasteiger partial charge in [-0.3, -0.25) is 4.21 Å². The molecular weight excluding hydrogens is 388 g/mol. The number of aromatic nitrogens is 2. The first kappa shape index (κ1) is 20.1. The van der Waals surface area contributed by atoms with Crippen molar-refractivity contribution in [1.82, 2.24) is 9.97 Å². The predicted octanol–water partition coefficient (Wildman–Crippen LogP) is 3.15. The maximum atomic E-state index is 12.6. The summed E-state index contributed by atoms with van der Waals surface area (Å²) in [6, 6.07) is 7.66. The number of ether oxygens (including phenoxy) is 2. The van der Waals surface area contributed by atoms with Crippen LogP contribution in [0, 0.1) is 5.92 Å². The Morgan fingerprint density at radius 1 is 1.31 bits per heavy atom. The third kappa shape index (κ3) is 4.70. The van der Waals surface area contributed by atoms with Crippen molar-refractivity contribution in [3.8, 4) is 5.75 Å². The second-order valence-corrected chi connectivity index (χ2v) is 9.08. The van der Waals surface area contributed by atoms with E-state index in [2.05, 4.69) is 10.2 Å². The highest BCUT2D eigenvalue weighted by Gasteiger charge is 2.27. The highest BCUT2D eigenvalue weighted by atomic mass is 32.2. The lowest BCUT2D eigenvalue weighted by Crippen LogP contribution is -2.26. The Morgan fingerprint density at radius 2 is 2.14 bits per heavy atom. The summed E-state index contributed by atoms with van der Waals surface area (Å²) in [7, 11) is 2.60. The van der Waals surface area contributed by atoms with Crippen molar-refractivity contribution in [3.63, 3.8) is 0 Å². The Kier molecular flexibility index (Phi) is 6.30. The van der Waals surface area contributed by atoms with E-state index >= 15 is 0 Å². The van der Waals surface area contributed by atoms with Gasteiger partial charge in [0.25, 0.3) is 0 Å². The minimum Gasteiger partial charge on any atom is -0.497 e. The lowest BCUT2D eigenvalue weighted by atomic mass is 9.96. The molecule has 0 bridgehead atoms. The van der Waals surface area contributed by atoms with E-state index in [4.69, 9.17) is 19.4 Å². The van der Waals surface area contributed by atoms with E-state index in [0.29, 0.717) is 23.4 Å². The van der Waals surface area contributed by atoms with Gasteiger partial charge in [-0.05, 0) is 37.3 Å². The van der Waals surface area contributed by atoms with Crippen LogP contribution in [0.4, 0.5) is 17.5 Å². The van der Waals surface area contributed by atoms with E-state index in [9.17, 15) is 4.21 Å². The first-order valence-corrected chi connectivity index (χ1v) is 11.4. The second-order valence-electron chi connectivity index (χ2n) is 7.57. The summed E-state index contributed by atoms with van der Waals surface area (Å²) >= 11 is 0. The number of hydrogen-bond acceptors (Lipinski definition) is 7. The molecule has 156 valence electrons. The van der Waals surface area contributed by atoms with Gasteiger partial charge in [0.15, 0.2) is 5.82 Å². The summed E-state index contributed by atoms with van der Waals surface area (Å²) in [5.41, 5.74) is 1.74. The normalized spacial score (nSPS) is 19.0. The molecule has 0 amide bonds. The largest absolute Gasteiger partial charge is 0.497 e. The Balaban J connectivity index is 1.55. The molecule has 1 N–H and O–H groups in total. The Bertz CT molecular complexity index is 886. The van der Waals surface area contributed by atoms with Gasteiger partial charge in [0, 0.05) is 50.7 Å². The van der Waals surface area contributed by atoms with E-state index in [0.717, 1.165) is 67.5 Å². The standard InChI is InChI=1S/C21H28N4O3S/c1-25(10-6-15-7-11-28-12-8-15)21-23-18-9-13-29(26)19(18)20(24-21)22-16-4-3-5-17(14-16)27-2/h3-5,14-15H,6-13H2,1-2H3,(H,22,23,24). The first-order chi connectivity index (χ1) is 14.1. The topological polar surface area (TPSA) is 76.6 Å². The first-order valence-electron chi connectivity index (χ1n) is 10.1. The fourth-order valence-corrected chi connectivity index (χ4v) is 5.09. The minimum absolute atomic E-state index is 0.603. The van der Waals surface area contributed by atoms with Crippen molar-refractivity contribution in [2.24, 2.45) is 5.92 Å². The van der Waals surface area contributed by atoms with Crippen LogP contribution in [0.15, 0.2) is 29.2 Å². The molecule has 8 heteroatoms. The number of nitrogens with zero attached hydrogens (tertiary/aromatic N) is 3. The van der Waals surface area contributed by atoms with E-state index in [-0.39, 0.29) is 0 Å². The van der Waals surface area contributed by atoms with Gasteiger partial charge in [0.1, 0.15) is 10.6 Å². The van der Waals surface area contributed by atoms with Gasteiger partial charge < -0.3 is 19.7 Å². The number of nitrogens with one attached hydrogen (secondary N) is 1. The third-order valence-corrected chi connectivity index (χ3v) is 7.02. The summed E-state index contributed by atoms with van der Waals surface area (Å²) < 4.78 is 23.3. The van der Waals surface area contributed by atoms with E-state index in [1.807, 2.05) is 31.3 Å². The number of aryl methyl sites for hydroxylation is 1. The fraction of sp³-hybridized carbons (Fsp3) is 0.524. The molecule has 1 fully saturated rings. The molecule has 1 aromatic heterocycles. The maximum Gasteiger partial charge on any atom is 0.227 e. The zero-order chi connectivity index (χ0) is 20.2. The molecule has 0 radical (unpaired) electrons. The monoisotopic (exact) mass is 416 g/mol. The van der Waals surface area contributed by atoms with Crippen LogP contribution in [0.5, 0.6) is 5.75 Å². The molecular formula is C21H28N4O3S. The molecule has 1 unspecified atom stereocenters. The Labute approximate surface area is 174 Å². The molecule has 2 aliphatic heterocycles. The van der Waals surface area contributed by atoms with Crippen LogP contribution in [0.2, 0.25) is 0 Å². The maximum absolute atomic E-state index is 12.6. The van der Waals surface area contributed by atoms with Crippen molar-refractivity contribution < 1.29 is 13.7 Å². The van der Waals surface area contributed by atoms with Crippen LogP contribution >= 0.6 is 0 Å². The third-order valence-electron chi connectivity index (χ3n) is 5.56. The summed E-state index contributed by atoms with van der Waals surface area (Å²) in [5, 5.41) is 3.34. The molecule has 2 aromatic rings. The van der Waals surface area contributed by atoms with E-state index in [1.165, 1.54) is 0 Å². The Hall–Kier alpha value is -2.19. The molecule has 0 spiro atoms. The number of benzene rings is 1. The second kappa shape index (κ2) is 9.09. The summed E-state index contributed by atoms with van der Waals surface area (Å²) in [4.78, 5) is 12.3. The van der Waals surface area contributed by atoms with Gasteiger partial charge in [0.05, 0.1) is 23.6 Å². The van der Waals surface area contributed by atoms with Crippen LogP contribution in [0.3, 0.4) is 0 Å². The zero-order valence-electron chi connectivity index (χ0n) is 17.0. The molecule has 1 aromatic carbocycles. The molecule has 0 saturated carbocycles. The fourth-order valence-electron chi connectivity index (χ4n) is 3.79. The molecule has 0 aliphatic carbocycles. The van der Waals surface area contributed by atoms with Crippen LogP contribution in [-0.2, 0) is 22.0 Å². The molecule has 7 nitrogen and oxygen atoms in total. The number of fused-ring (bicyclic) bond motifs is 1. The van der Waals surface area contributed by atoms with Crippen molar-refractivity contribution in [1.29, 1.82) is 0 Å². The van der Waals surface area contributed by atoms with Crippen molar-refractivity contribution in [3.05, 3.63) is 30.0 Å². The predicted molar refractivity (Wildman–Crippen MR) is 115 cm³/mol. The SMILES string of the molecule is COc1cccc(Nc2nc(N(C)CCC3CCOCC3)nc3c2S(=O)CC3)c1. The molecule has 1 atom stereocenters. The van der Waals surface area contributed by atoms with Gasteiger partial charge in [-0.25, -0.2) is 4.98 Å². The lowest BCUT2D eigenvalue weighted by Gasteiger charge is -2.25. The molecule has 2 aliphatic rings. The van der Waals surface area contributed by atoms with Crippen molar-refractivity contribution >= 4 is 28.3 Å². The molecule has 1 saturated heterocycles. The highest BCUT2D eigenvalue weighted by Crippen LogP contribution is 2.32. The van der Waals surface area contributed by atoms with Gasteiger partial charge in [0.2, 0.25) is 5.95 Å². The van der Waals surface area contributed by atoms with Gasteiger partial charge in [-0.15, -0.1) is 0 Å². The van der Waals surface area contributed by atoms with Gasteiger partial charge >= 0.3 is 0 Å². The quantitative estimate of drug-likeness (QED) is 0.743. The van der Waals surface area contributed by atoms with Crippen LogP contribution in [0.25, 0.3) is 0 Å². The number of anilines is 3. The van der Waals surface area contributed by atoms with Crippen molar-refractivity contribution in [2.75, 3.05) is 49.9 Å².